The van der Waals surface area contributed by atoms with Crippen molar-refractivity contribution in [3.05, 3.63) is 59.7 Å². The van der Waals surface area contributed by atoms with Gasteiger partial charge in [0.2, 0.25) is 23.2 Å². The van der Waals surface area contributed by atoms with Crippen molar-refractivity contribution in [2.24, 2.45) is 5.92 Å². The van der Waals surface area contributed by atoms with E-state index in [0.29, 0.717) is 29.1 Å². The van der Waals surface area contributed by atoms with Crippen molar-refractivity contribution in [1.82, 2.24) is 15.2 Å². The summed E-state index contributed by atoms with van der Waals surface area (Å²) >= 11 is 1.56. The number of amides is 1. The predicted molar refractivity (Wildman–Crippen MR) is 128 cm³/mol. The van der Waals surface area contributed by atoms with Crippen molar-refractivity contribution in [2.45, 2.75) is 51.9 Å². The molecule has 0 fully saturated rings. The molecule has 0 spiro atoms. The van der Waals surface area contributed by atoms with Gasteiger partial charge in [0, 0.05) is 23.3 Å². The molecule has 0 N–H and O–H groups in total. The second kappa shape index (κ2) is 9.69. The second-order valence-corrected chi connectivity index (χ2v) is 9.14. The summed E-state index contributed by atoms with van der Waals surface area (Å²) in [4.78, 5) is 19.6. The standard InChI is InChI=1S/C25H28N4O2S/c1-5-17-11-13-18(14-12-17)24-29(21(30)6-2)20-10-8-7-9-19(20)22-23(31-24)26-25(28-27-22)32-15-16(3)4/h7-14,16,24H,5-6,15H2,1-4H3/t24-/m1/s1. The minimum atomic E-state index is -0.643. The fraction of sp³-hybridized carbons (Fsp3) is 0.360. The van der Waals surface area contributed by atoms with Gasteiger partial charge in [-0.3, -0.25) is 9.69 Å². The number of fused-ring (bicyclic) bond motifs is 3. The summed E-state index contributed by atoms with van der Waals surface area (Å²) < 4.78 is 6.46. The quantitative estimate of drug-likeness (QED) is 0.452. The fourth-order valence-corrected chi connectivity index (χ4v) is 4.32. The van der Waals surface area contributed by atoms with Crippen LogP contribution < -0.4 is 9.64 Å². The number of aryl methyl sites for hydroxylation is 1. The number of hydrogen-bond acceptors (Lipinski definition) is 6. The van der Waals surface area contributed by atoms with Crippen LogP contribution in [0.25, 0.3) is 11.3 Å². The summed E-state index contributed by atoms with van der Waals surface area (Å²) in [5, 5.41) is 9.39. The van der Waals surface area contributed by atoms with E-state index < -0.39 is 6.23 Å². The Kier molecular flexibility index (Phi) is 6.74. The molecule has 1 aromatic heterocycles. The molecular weight excluding hydrogens is 420 g/mol. The number of carbonyl (C=O) groups is 1. The summed E-state index contributed by atoms with van der Waals surface area (Å²) in [6.07, 6.45) is 0.657. The molecular formula is C25H28N4O2S. The third-order valence-corrected chi connectivity index (χ3v) is 6.57. The number of anilines is 1. The Labute approximate surface area is 193 Å². The molecule has 0 unspecified atom stereocenters. The van der Waals surface area contributed by atoms with Gasteiger partial charge in [0.15, 0.2) is 5.69 Å². The highest BCUT2D eigenvalue weighted by Gasteiger charge is 2.35. The van der Waals surface area contributed by atoms with Gasteiger partial charge in [-0.05, 0) is 24.0 Å². The Morgan fingerprint density at radius 3 is 2.53 bits per heavy atom. The molecule has 0 saturated carbocycles. The van der Waals surface area contributed by atoms with Gasteiger partial charge in [0.25, 0.3) is 0 Å². The van der Waals surface area contributed by atoms with Crippen LogP contribution in [0.1, 0.15) is 51.5 Å². The molecule has 6 nitrogen and oxygen atoms in total. The molecule has 1 amide bonds. The van der Waals surface area contributed by atoms with Gasteiger partial charge in [-0.25, -0.2) is 0 Å². The minimum Gasteiger partial charge on any atom is -0.447 e. The normalized spacial score (nSPS) is 15.0. The maximum absolute atomic E-state index is 13.2. The fourth-order valence-electron chi connectivity index (χ4n) is 3.59. The first-order chi connectivity index (χ1) is 15.5. The van der Waals surface area contributed by atoms with Gasteiger partial charge < -0.3 is 4.74 Å². The van der Waals surface area contributed by atoms with Gasteiger partial charge in [0.1, 0.15) is 0 Å². The lowest BCUT2D eigenvalue weighted by atomic mass is 10.1. The molecule has 2 aromatic carbocycles. The lowest BCUT2D eigenvalue weighted by Gasteiger charge is -2.30. The molecule has 3 aromatic rings. The topological polar surface area (TPSA) is 68.2 Å². The average Bonchev–Trinajstić information content (AvgIpc) is 2.96. The summed E-state index contributed by atoms with van der Waals surface area (Å²) in [6, 6.07) is 15.9. The Morgan fingerprint density at radius 2 is 1.84 bits per heavy atom. The molecule has 166 valence electrons. The highest BCUT2D eigenvalue weighted by Crippen LogP contribution is 2.43. The zero-order chi connectivity index (χ0) is 22.7. The van der Waals surface area contributed by atoms with E-state index in [9.17, 15) is 4.79 Å². The zero-order valence-electron chi connectivity index (χ0n) is 18.9. The Hall–Kier alpha value is -2.93. The van der Waals surface area contributed by atoms with E-state index in [1.54, 1.807) is 16.7 Å². The number of nitrogens with zero attached hydrogens (tertiary/aromatic N) is 4. The van der Waals surface area contributed by atoms with Gasteiger partial charge in [0.05, 0.1) is 5.69 Å². The van der Waals surface area contributed by atoms with Gasteiger partial charge in [-0.2, -0.15) is 4.98 Å². The Balaban J connectivity index is 1.86. The number of aromatic nitrogens is 3. The number of carbonyl (C=O) groups excluding carboxylic acids is 1. The number of thioether (sulfide) groups is 1. The molecule has 1 aliphatic rings. The van der Waals surface area contributed by atoms with Crippen LogP contribution in [0.4, 0.5) is 5.69 Å². The smallest absolute Gasteiger partial charge is 0.247 e. The summed E-state index contributed by atoms with van der Waals surface area (Å²) in [5.74, 6) is 1.76. The lowest BCUT2D eigenvalue weighted by Crippen LogP contribution is -2.37. The van der Waals surface area contributed by atoms with Crippen LogP contribution in [0.5, 0.6) is 5.88 Å². The predicted octanol–water partition coefficient (Wildman–Crippen LogP) is 5.68. The van der Waals surface area contributed by atoms with Crippen molar-refractivity contribution < 1.29 is 9.53 Å². The zero-order valence-corrected chi connectivity index (χ0v) is 19.7. The first kappa shape index (κ1) is 22.3. The minimum absolute atomic E-state index is 0.0304. The van der Waals surface area contributed by atoms with Crippen LogP contribution in [0, 0.1) is 5.92 Å². The van der Waals surface area contributed by atoms with Crippen LogP contribution >= 0.6 is 11.8 Å². The Morgan fingerprint density at radius 1 is 1.09 bits per heavy atom. The van der Waals surface area contributed by atoms with Gasteiger partial charge in [-0.1, -0.05) is 81.9 Å². The number of rotatable bonds is 6. The van der Waals surface area contributed by atoms with E-state index in [-0.39, 0.29) is 5.91 Å². The van der Waals surface area contributed by atoms with Crippen LogP contribution in [0.3, 0.4) is 0 Å². The molecule has 0 aliphatic carbocycles. The number of para-hydroxylation sites is 1. The van der Waals surface area contributed by atoms with Crippen molar-refractivity contribution in [3.8, 4) is 17.1 Å². The lowest BCUT2D eigenvalue weighted by molar-refractivity contribution is -0.120. The molecule has 4 rings (SSSR count). The highest BCUT2D eigenvalue weighted by atomic mass is 32.2. The molecule has 7 heteroatoms. The maximum atomic E-state index is 13.2. The van der Waals surface area contributed by atoms with Crippen molar-refractivity contribution in [3.63, 3.8) is 0 Å². The molecule has 2 heterocycles. The van der Waals surface area contributed by atoms with Crippen LogP contribution in [0.2, 0.25) is 0 Å². The first-order valence-corrected chi connectivity index (χ1v) is 12.0. The number of benzene rings is 2. The van der Waals surface area contributed by atoms with Crippen molar-refractivity contribution >= 4 is 23.4 Å². The molecule has 1 atom stereocenters. The molecule has 0 radical (unpaired) electrons. The number of ether oxygens (including phenoxy) is 1. The molecule has 1 aliphatic heterocycles. The van der Waals surface area contributed by atoms with E-state index in [0.717, 1.165) is 29.0 Å². The summed E-state index contributed by atoms with van der Waals surface area (Å²) in [5.41, 5.74) is 4.21. The summed E-state index contributed by atoms with van der Waals surface area (Å²) in [7, 11) is 0. The van der Waals surface area contributed by atoms with E-state index in [2.05, 4.69) is 43.1 Å². The van der Waals surface area contributed by atoms with Gasteiger partial charge in [-0.15, -0.1) is 10.2 Å². The van der Waals surface area contributed by atoms with Crippen molar-refractivity contribution in [1.29, 1.82) is 0 Å². The van der Waals surface area contributed by atoms with Gasteiger partial charge >= 0.3 is 0 Å². The van der Waals surface area contributed by atoms with Crippen LogP contribution in [0.15, 0.2) is 53.7 Å². The molecule has 0 saturated heterocycles. The summed E-state index contributed by atoms with van der Waals surface area (Å²) in [6.45, 7) is 8.29. The average molecular weight is 449 g/mol. The maximum Gasteiger partial charge on any atom is 0.247 e. The first-order valence-electron chi connectivity index (χ1n) is 11.1. The van der Waals surface area contributed by atoms with E-state index in [4.69, 9.17) is 9.72 Å². The Bertz CT molecular complexity index is 1100. The number of hydrogen-bond donors (Lipinski definition) is 0. The third-order valence-electron chi connectivity index (χ3n) is 5.30. The molecule has 32 heavy (non-hydrogen) atoms. The second-order valence-electron chi connectivity index (χ2n) is 8.15. The van der Waals surface area contributed by atoms with E-state index in [1.165, 1.54) is 5.56 Å². The van der Waals surface area contributed by atoms with E-state index in [1.807, 2.05) is 43.3 Å². The largest absolute Gasteiger partial charge is 0.447 e. The SMILES string of the molecule is CCC(=O)N1c2ccccc2-c2nnc(SCC(C)C)nc2O[C@@H]1c1ccc(CC)cc1. The van der Waals surface area contributed by atoms with Crippen LogP contribution in [-0.2, 0) is 11.2 Å². The van der Waals surface area contributed by atoms with Crippen molar-refractivity contribution in [2.75, 3.05) is 10.7 Å². The third kappa shape index (κ3) is 4.48. The van der Waals surface area contributed by atoms with Crippen LogP contribution in [-0.4, -0.2) is 26.8 Å². The monoisotopic (exact) mass is 448 g/mol. The highest BCUT2D eigenvalue weighted by molar-refractivity contribution is 7.99. The van der Waals surface area contributed by atoms with E-state index >= 15 is 0 Å². The molecule has 0 bridgehead atoms.